The fraction of sp³-hybridized carbons (Fsp3) is 0.0588. The molecule has 0 aromatic heterocycles. The van der Waals surface area contributed by atoms with Crippen LogP contribution in [0.1, 0.15) is 11.1 Å². The van der Waals surface area contributed by atoms with Crippen molar-refractivity contribution in [2.24, 2.45) is 0 Å². The van der Waals surface area contributed by atoms with Crippen molar-refractivity contribution in [2.75, 3.05) is 0 Å². The molecule has 4 nitrogen and oxygen atoms in total. The van der Waals surface area contributed by atoms with Gasteiger partial charge in [-0.3, -0.25) is 9.69 Å². The predicted octanol–water partition coefficient (Wildman–Crippen LogP) is 3.50. The standard InChI is InChI=1S/C17H13NO3S2/c19-13-8-4-7-12(15(13)20)9-14-16(21)18(17(22)23-14)10-11-5-2-1-3-6-11/h1-9,19-20H,10H2/b14-9-. The molecule has 116 valence electrons. The number of benzene rings is 2. The molecule has 1 amide bonds. The highest BCUT2D eigenvalue weighted by Gasteiger charge is 2.32. The maximum atomic E-state index is 12.5. The molecule has 23 heavy (non-hydrogen) atoms. The van der Waals surface area contributed by atoms with Gasteiger partial charge in [0.25, 0.3) is 5.91 Å². The molecule has 6 heteroatoms. The summed E-state index contributed by atoms with van der Waals surface area (Å²) < 4.78 is 0.477. The molecule has 0 aliphatic carbocycles. The number of para-hydroxylation sites is 1. The van der Waals surface area contributed by atoms with Crippen molar-refractivity contribution in [3.63, 3.8) is 0 Å². The minimum Gasteiger partial charge on any atom is -0.504 e. The molecule has 0 atom stereocenters. The number of hydrogen-bond donors (Lipinski definition) is 2. The van der Waals surface area contributed by atoms with Crippen LogP contribution in [0.5, 0.6) is 11.5 Å². The van der Waals surface area contributed by atoms with Crippen LogP contribution in [0, 0.1) is 0 Å². The normalized spacial score (nSPS) is 16.3. The van der Waals surface area contributed by atoms with Crippen molar-refractivity contribution in [1.29, 1.82) is 0 Å². The Labute approximate surface area is 143 Å². The van der Waals surface area contributed by atoms with Crippen LogP contribution in [0.3, 0.4) is 0 Å². The molecule has 0 unspecified atom stereocenters. The third-order valence-corrected chi connectivity index (χ3v) is 4.77. The largest absolute Gasteiger partial charge is 0.504 e. The lowest BCUT2D eigenvalue weighted by Gasteiger charge is -2.14. The van der Waals surface area contributed by atoms with Gasteiger partial charge in [0.2, 0.25) is 0 Å². The van der Waals surface area contributed by atoms with Gasteiger partial charge < -0.3 is 10.2 Å². The lowest BCUT2D eigenvalue weighted by molar-refractivity contribution is -0.122. The SMILES string of the molecule is O=C1/C(=C/c2cccc(O)c2O)SC(=S)N1Cc1ccccc1. The van der Waals surface area contributed by atoms with Crippen molar-refractivity contribution < 1.29 is 15.0 Å². The summed E-state index contributed by atoms with van der Waals surface area (Å²) in [5.74, 6) is -0.675. The Morgan fingerprint density at radius 3 is 2.57 bits per heavy atom. The van der Waals surface area contributed by atoms with E-state index >= 15 is 0 Å². The maximum absolute atomic E-state index is 12.5. The first-order valence-corrected chi connectivity index (χ1v) is 8.09. The van der Waals surface area contributed by atoms with Crippen molar-refractivity contribution in [3.05, 3.63) is 64.6 Å². The quantitative estimate of drug-likeness (QED) is 0.507. The number of nitrogens with zero attached hydrogens (tertiary/aromatic N) is 1. The van der Waals surface area contributed by atoms with Crippen molar-refractivity contribution in [3.8, 4) is 11.5 Å². The second-order valence-electron chi connectivity index (χ2n) is 4.97. The summed E-state index contributed by atoms with van der Waals surface area (Å²) in [4.78, 5) is 14.5. The molecule has 1 saturated heterocycles. The van der Waals surface area contributed by atoms with Gasteiger partial charge in [0, 0.05) is 5.56 Å². The predicted molar refractivity (Wildman–Crippen MR) is 94.9 cm³/mol. The number of hydrogen-bond acceptors (Lipinski definition) is 5. The van der Waals surface area contributed by atoms with Crippen molar-refractivity contribution >= 4 is 40.3 Å². The Kier molecular flexibility index (Phi) is 4.36. The van der Waals surface area contributed by atoms with Crippen LogP contribution in [-0.4, -0.2) is 25.3 Å². The zero-order chi connectivity index (χ0) is 16.4. The summed E-state index contributed by atoms with van der Waals surface area (Å²) >= 11 is 6.47. The van der Waals surface area contributed by atoms with Gasteiger partial charge in [-0.15, -0.1) is 0 Å². The lowest BCUT2D eigenvalue weighted by atomic mass is 10.1. The molecule has 0 bridgehead atoms. The second-order valence-corrected chi connectivity index (χ2v) is 6.64. The van der Waals surface area contributed by atoms with Crippen LogP contribution in [-0.2, 0) is 11.3 Å². The highest BCUT2D eigenvalue weighted by Crippen LogP contribution is 2.36. The molecule has 2 aromatic carbocycles. The number of amides is 1. The Bertz CT molecular complexity index is 803. The average molecular weight is 343 g/mol. The summed E-state index contributed by atoms with van der Waals surface area (Å²) in [6.45, 7) is 0.412. The molecule has 1 aliphatic rings. The zero-order valence-electron chi connectivity index (χ0n) is 12.0. The monoisotopic (exact) mass is 343 g/mol. The van der Waals surface area contributed by atoms with E-state index in [1.54, 1.807) is 18.2 Å². The van der Waals surface area contributed by atoms with Crippen LogP contribution in [0.25, 0.3) is 6.08 Å². The van der Waals surface area contributed by atoms with Gasteiger partial charge in [-0.05, 0) is 17.7 Å². The van der Waals surface area contributed by atoms with E-state index in [9.17, 15) is 15.0 Å². The first kappa shape index (κ1) is 15.6. The van der Waals surface area contributed by atoms with E-state index in [-0.39, 0.29) is 17.4 Å². The van der Waals surface area contributed by atoms with Crippen molar-refractivity contribution in [1.82, 2.24) is 4.90 Å². The number of phenols is 2. The van der Waals surface area contributed by atoms with E-state index in [1.165, 1.54) is 22.7 Å². The molecule has 3 rings (SSSR count). The minimum absolute atomic E-state index is 0.202. The fourth-order valence-corrected chi connectivity index (χ4v) is 3.45. The summed E-state index contributed by atoms with van der Waals surface area (Å²) in [5, 5.41) is 19.4. The molecular weight excluding hydrogens is 330 g/mol. The highest BCUT2D eigenvalue weighted by atomic mass is 32.2. The third-order valence-electron chi connectivity index (χ3n) is 3.39. The van der Waals surface area contributed by atoms with Gasteiger partial charge in [0.05, 0.1) is 11.4 Å². The van der Waals surface area contributed by atoms with Crippen LogP contribution in [0.4, 0.5) is 0 Å². The van der Waals surface area contributed by atoms with E-state index < -0.39 is 0 Å². The average Bonchev–Trinajstić information content (AvgIpc) is 2.80. The van der Waals surface area contributed by atoms with Crippen LogP contribution in [0.2, 0.25) is 0 Å². The molecule has 0 spiro atoms. The van der Waals surface area contributed by atoms with Gasteiger partial charge in [-0.1, -0.05) is 66.4 Å². The number of thioether (sulfide) groups is 1. The number of thiocarbonyl (C=S) groups is 1. The molecule has 1 fully saturated rings. The van der Waals surface area contributed by atoms with E-state index in [0.29, 0.717) is 21.3 Å². The molecule has 2 N–H and O–H groups in total. The Morgan fingerprint density at radius 2 is 1.83 bits per heavy atom. The van der Waals surface area contributed by atoms with Gasteiger partial charge in [-0.2, -0.15) is 0 Å². The molecule has 0 saturated carbocycles. The third kappa shape index (κ3) is 3.23. The van der Waals surface area contributed by atoms with Gasteiger partial charge >= 0.3 is 0 Å². The summed E-state index contributed by atoms with van der Waals surface area (Å²) in [6.07, 6.45) is 1.54. The topological polar surface area (TPSA) is 60.8 Å². The fourth-order valence-electron chi connectivity index (χ4n) is 2.21. The van der Waals surface area contributed by atoms with E-state index in [0.717, 1.165) is 5.56 Å². The summed E-state index contributed by atoms with van der Waals surface area (Å²) in [7, 11) is 0. The lowest BCUT2D eigenvalue weighted by Crippen LogP contribution is -2.27. The number of rotatable bonds is 3. The molecule has 1 aliphatic heterocycles. The minimum atomic E-state index is -0.249. The van der Waals surface area contributed by atoms with Gasteiger partial charge in [0.1, 0.15) is 4.32 Å². The summed E-state index contributed by atoms with van der Waals surface area (Å²) in [5.41, 5.74) is 1.37. The molecule has 0 radical (unpaired) electrons. The zero-order valence-corrected chi connectivity index (χ0v) is 13.6. The summed E-state index contributed by atoms with van der Waals surface area (Å²) in [6, 6.07) is 14.2. The number of phenolic OH excluding ortho intramolecular Hbond substituents is 2. The molecular formula is C17H13NO3S2. The Hall–Kier alpha value is -2.31. The van der Waals surface area contributed by atoms with E-state index in [1.807, 2.05) is 30.3 Å². The van der Waals surface area contributed by atoms with Crippen molar-refractivity contribution in [2.45, 2.75) is 6.54 Å². The molecule has 1 heterocycles. The second kappa shape index (κ2) is 6.44. The van der Waals surface area contributed by atoms with Crippen LogP contribution >= 0.6 is 24.0 Å². The van der Waals surface area contributed by atoms with E-state index in [4.69, 9.17) is 12.2 Å². The van der Waals surface area contributed by atoms with Gasteiger partial charge in [0.15, 0.2) is 11.5 Å². The Morgan fingerprint density at radius 1 is 1.09 bits per heavy atom. The Balaban J connectivity index is 1.86. The van der Waals surface area contributed by atoms with Crippen LogP contribution < -0.4 is 0 Å². The van der Waals surface area contributed by atoms with Crippen LogP contribution in [0.15, 0.2) is 53.4 Å². The number of carbonyl (C=O) groups is 1. The molecule has 2 aromatic rings. The van der Waals surface area contributed by atoms with E-state index in [2.05, 4.69) is 0 Å². The van der Waals surface area contributed by atoms with Gasteiger partial charge in [-0.25, -0.2) is 0 Å². The smallest absolute Gasteiger partial charge is 0.266 e. The number of carbonyl (C=O) groups excluding carboxylic acids is 1. The number of aromatic hydroxyl groups is 2. The highest BCUT2D eigenvalue weighted by molar-refractivity contribution is 8.26. The maximum Gasteiger partial charge on any atom is 0.266 e. The first-order valence-electron chi connectivity index (χ1n) is 6.86. The first-order chi connectivity index (χ1) is 11.1.